The van der Waals surface area contributed by atoms with Crippen molar-refractivity contribution in [3.05, 3.63) is 140 Å². The molecule has 0 saturated heterocycles. The van der Waals surface area contributed by atoms with Gasteiger partial charge >= 0.3 is 0 Å². The van der Waals surface area contributed by atoms with Crippen LogP contribution in [0.15, 0.2) is 140 Å². The summed E-state index contributed by atoms with van der Waals surface area (Å²) in [5.41, 5.74) is 6.84. The zero-order chi connectivity index (χ0) is 29.7. The molecule has 0 radical (unpaired) electrons. The van der Waals surface area contributed by atoms with Gasteiger partial charge in [0.05, 0.1) is 45.0 Å². The molecule has 0 aliphatic heterocycles. The van der Waals surface area contributed by atoms with Crippen molar-refractivity contribution in [2.75, 3.05) is 12.4 Å². The van der Waals surface area contributed by atoms with E-state index in [1.165, 1.54) is 0 Å². The first kappa shape index (κ1) is 29.6. The van der Waals surface area contributed by atoms with Gasteiger partial charge in [0, 0.05) is 89.8 Å². The second-order valence-electron chi connectivity index (χ2n) is 10.1. The number of fused-ring (bicyclic) bond motifs is 9. The van der Waals surface area contributed by atoms with Crippen molar-refractivity contribution < 1.29 is 19.5 Å². The van der Waals surface area contributed by atoms with Crippen LogP contribution < -0.4 is 5.32 Å². The van der Waals surface area contributed by atoms with E-state index in [9.17, 15) is 0 Å². The van der Waals surface area contributed by atoms with Gasteiger partial charge in [0.2, 0.25) is 0 Å². The van der Waals surface area contributed by atoms with Crippen LogP contribution in [-0.4, -0.2) is 37.0 Å². The topological polar surface area (TPSA) is 89.4 Å². The van der Waals surface area contributed by atoms with Gasteiger partial charge in [-0.25, -0.2) is 0 Å². The quantitative estimate of drug-likeness (QED) is 0.139. The molecule has 6 aromatic heterocycles. The summed E-state index contributed by atoms with van der Waals surface area (Å²) in [5, 5.41) is 9.87. The Balaban J connectivity index is 0.000000118. The smallest absolute Gasteiger partial charge is 0.0966 e. The second kappa shape index (κ2) is 13.5. The summed E-state index contributed by atoms with van der Waals surface area (Å²) < 4.78 is 0. The Labute approximate surface area is 272 Å². The first-order valence-corrected chi connectivity index (χ1v) is 14.3. The fourth-order valence-corrected chi connectivity index (χ4v) is 5.23. The molecule has 0 unspecified atom stereocenters. The molecule has 3 aromatic carbocycles. The maximum absolute atomic E-state index is 4.46. The van der Waals surface area contributed by atoms with Crippen LogP contribution >= 0.6 is 0 Å². The molecule has 218 valence electrons. The van der Waals surface area contributed by atoms with E-state index in [1.54, 1.807) is 31.0 Å². The van der Waals surface area contributed by atoms with Crippen LogP contribution in [0.4, 0.5) is 5.69 Å². The van der Waals surface area contributed by atoms with E-state index in [-0.39, 0.29) is 19.5 Å². The molecule has 0 amide bonds. The van der Waals surface area contributed by atoms with E-state index >= 15 is 0 Å². The average molecular weight is 671 g/mol. The van der Waals surface area contributed by atoms with Crippen LogP contribution in [0.25, 0.3) is 65.4 Å². The van der Waals surface area contributed by atoms with Crippen LogP contribution in [-0.2, 0) is 19.5 Å². The Morgan fingerprint density at radius 1 is 0.378 bits per heavy atom. The fourth-order valence-electron chi connectivity index (χ4n) is 5.23. The Morgan fingerprint density at radius 2 is 0.667 bits per heavy atom. The molecule has 45 heavy (non-hydrogen) atoms. The molecule has 0 aliphatic carbocycles. The van der Waals surface area contributed by atoms with Crippen LogP contribution in [0.5, 0.6) is 0 Å². The predicted molar refractivity (Wildman–Crippen MR) is 181 cm³/mol. The number of hydrogen-bond acceptors (Lipinski definition) is 7. The van der Waals surface area contributed by atoms with Gasteiger partial charge in [-0.3, -0.25) is 29.9 Å². The third-order valence-corrected chi connectivity index (χ3v) is 7.40. The monoisotopic (exact) mass is 671 g/mol. The van der Waals surface area contributed by atoms with Crippen LogP contribution in [0.1, 0.15) is 0 Å². The third-order valence-electron chi connectivity index (χ3n) is 7.40. The molecule has 9 aromatic rings. The maximum Gasteiger partial charge on any atom is 0.0966 e. The number of rotatable bonds is 1. The molecule has 0 bridgehead atoms. The molecule has 6 heterocycles. The number of nitrogens with zero attached hydrogens (tertiary/aromatic N) is 6. The first-order chi connectivity index (χ1) is 21.8. The third kappa shape index (κ3) is 6.14. The zero-order valence-electron chi connectivity index (χ0n) is 24.3. The summed E-state index contributed by atoms with van der Waals surface area (Å²) in [4.78, 5) is 26.2. The minimum atomic E-state index is 0. The van der Waals surface area contributed by atoms with E-state index in [4.69, 9.17) is 0 Å². The van der Waals surface area contributed by atoms with Gasteiger partial charge in [-0.2, -0.15) is 0 Å². The first-order valence-electron chi connectivity index (χ1n) is 14.3. The Hall–Kier alpha value is -5.46. The largest absolute Gasteiger partial charge is 0.387 e. The van der Waals surface area contributed by atoms with Gasteiger partial charge in [0.25, 0.3) is 0 Å². The number of aromatic nitrogens is 6. The maximum atomic E-state index is 4.46. The molecule has 0 spiro atoms. The van der Waals surface area contributed by atoms with Crippen LogP contribution in [0.3, 0.4) is 0 Å². The van der Waals surface area contributed by atoms with Crippen molar-refractivity contribution in [3.63, 3.8) is 0 Å². The van der Waals surface area contributed by atoms with Crippen molar-refractivity contribution in [1.29, 1.82) is 0 Å². The number of pyridine rings is 6. The van der Waals surface area contributed by atoms with Crippen molar-refractivity contribution in [2.45, 2.75) is 0 Å². The summed E-state index contributed by atoms with van der Waals surface area (Å²) in [6.45, 7) is 0. The molecule has 0 aliphatic rings. The Bertz CT molecular complexity index is 2190. The van der Waals surface area contributed by atoms with Crippen molar-refractivity contribution >= 4 is 71.1 Å². The van der Waals surface area contributed by atoms with Gasteiger partial charge in [-0.15, -0.1) is 0 Å². The minimum Gasteiger partial charge on any atom is -0.387 e. The predicted octanol–water partition coefficient (Wildman–Crippen LogP) is 8.39. The number of benzene rings is 3. The summed E-state index contributed by atoms with van der Waals surface area (Å²) in [7, 11) is 1.89. The molecular formula is C37H27N7Ru. The summed E-state index contributed by atoms with van der Waals surface area (Å²) in [6, 6.07) is 34.5. The normalized spacial score (nSPS) is 10.6. The van der Waals surface area contributed by atoms with Gasteiger partial charge in [0.1, 0.15) is 0 Å². The molecular weight excluding hydrogens is 644 g/mol. The van der Waals surface area contributed by atoms with E-state index in [1.807, 2.05) is 43.6 Å². The number of nitrogens with one attached hydrogen (secondary N) is 1. The van der Waals surface area contributed by atoms with Crippen molar-refractivity contribution in [3.8, 4) is 0 Å². The van der Waals surface area contributed by atoms with E-state index < -0.39 is 0 Å². The average Bonchev–Trinajstić information content (AvgIpc) is 3.11. The number of hydrogen-bond donors (Lipinski definition) is 1. The van der Waals surface area contributed by atoms with Gasteiger partial charge in [-0.05, 0) is 36.4 Å². The Kier molecular flexibility index (Phi) is 8.85. The van der Waals surface area contributed by atoms with Crippen molar-refractivity contribution in [2.24, 2.45) is 0 Å². The minimum absolute atomic E-state index is 0. The SMILES string of the molecule is CNc1cnc2c(ccc3cccnc32)c1.[Ru].c1cnc2c(c1)ccc1cccnc12.c1cnc2c(c1)ccc1cccnc12. The molecule has 7 nitrogen and oxygen atoms in total. The fraction of sp³-hybridized carbons (Fsp3) is 0.0270. The molecule has 9 rings (SSSR count). The van der Waals surface area contributed by atoms with Crippen LogP contribution in [0.2, 0.25) is 0 Å². The van der Waals surface area contributed by atoms with Crippen LogP contribution in [0, 0.1) is 0 Å². The van der Waals surface area contributed by atoms with Gasteiger partial charge in [-0.1, -0.05) is 66.7 Å². The molecule has 0 saturated carbocycles. The standard InChI is InChI=1S/C13H11N3.2C12H8N2.Ru/c1-14-11-7-10-5-4-9-3-2-6-15-12(9)13(10)16-8-11;2*1-3-9-5-6-10-4-2-8-14-12(10)11(9)13-7-1;/h2-8,14H,1H3;2*1-8H;. The van der Waals surface area contributed by atoms with E-state index in [0.717, 1.165) is 71.1 Å². The molecule has 0 fully saturated rings. The van der Waals surface area contributed by atoms with Crippen molar-refractivity contribution in [1.82, 2.24) is 29.9 Å². The van der Waals surface area contributed by atoms with Gasteiger partial charge < -0.3 is 5.32 Å². The molecule has 0 atom stereocenters. The molecule has 1 N–H and O–H groups in total. The summed E-state index contributed by atoms with van der Waals surface area (Å²) >= 11 is 0. The summed E-state index contributed by atoms with van der Waals surface area (Å²) in [6.07, 6.45) is 10.8. The van der Waals surface area contributed by atoms with E-state index in [2.05, 4.69) is 108 Å². The van der Waals surface area contributed by atoms with Gasteiger partial charge in [0.15, 0.2) is 0 Å². The number of anilines is 1. The van der Waals surface area contributed by atoms with E-state index in [0.29, 0.717) is 0 Å². The summed E-state index contributed by atoms with van der Waals surface area (Å²) in [5.74, 6) is 0. The zero-order valence-corrected chi connectivity index (χ0v) is 26.1. The Morgan fingerprint density at radius 3 is 0.978 bits per heavy atom. The second-order valence-corrected chi connectivity index (χ2v) is 10.1. The molecule has 8 heteroatoms.